The van der Waals surface area contributed by atoms with Gasteiger partial charge in [0.05, 0.1) is 21.5 Å². The molecule has 3 unspecified atom stereocenters. The molecule has 1 saturated carbocycles. The van der Waals surface area contributed by atoms with Gasteiger partial charge in [-0.1, -0.05) is 0 Å². The lowest BCUT2D eigenvalue weighted by Gasteiger charge is -2.42. The number of nitrogens with two attached hydrogens (primary N) is 1. The highest BCUT2D eigenvalue weighted by molar-refractivity contribution is 9.10. The van der Waals surface area contributed by atoms with E-state index in [0.717, 1.165) is 12.1 Å². The summed E-state index contributed by atoms with van der Waals surface area (Å²) in [5.41, 5.74) is 5.78. The van der Waals surface area contributed by atoms with Crippen LogP contribution < -0.4 is 11.1 Å². The second-order valence-corrected chi connectivity index (χ2v) is 5.46. The normalized spacial score (nSPS) is 25.1. The third-order valence-corrected chi connectivity index (χ3v) is 3.91. The number of ether oxygens (including phenoxy) is 1. The molecule has 1 aromatic carbocycles. The lowest BCUT2D eigenvalue weighted by atomic mass is 9.83. The maximum atomic E-state index is 13.6. The van der Waals surface area contributed by atoms with Gasteiger partial charge in [0.1, 0.15) is 11.5 Å². The van der Waals surface area contributed by atoms with Gasteiger partial charge in [0.15, 0.2) is 0 Å². The van der Waals surface area contributed by atoms with E-state index in [-0.39, 0.29) is 34.0 Å². The van der Waals surface area contributed by atoms with Crippen LogP contribution in [-0.4, -0.2) is 29.7 Å². The van der Waals surface area contributed by atoms with Crippen LogP contribution in [0.15, 0.2) is 16.6 Å². The van der Waals surface area contributed by atoms with E-state index in [9.17, 15) is 14.5 Å². The number of nitro groups is 1. The van der Waals surface area contributed by atoms with Gasteiger partial charge in [-0.2, -0.15) is 0 Å². The van der Waals surface area contributed by atoms with Crippen molar-refractivity contribution in [3.63, 3.8) is 0 Å². The van der Waals surface area contributed by atoms with Crippen molar-refractivity contribution in [3.05, 3.63) is 32.5 Å². The van der Waals surface area contributed by atoms with Crippen LogP contribution in [0, 0.1) is 15.9 Å². The molecule has 8 heteroatoms. The molecule has 3 N–H and O–H groups in total. The van der Waals surface area contributed by atoms with Crippen molar-refractivity contribution in [2.45, 2.75) is 31.5 Å². The van der Waals surface area contributed by atoms with Gasteiger partial charge in [0.25, 0.3) is 5.69 Å². The molecule has 0 amide bonds. The van der Waals surface area contributed by atoms with Crippen LogP contribution in [0.1, 0.15) is 13.3 Å². The van der Waals surface area contributed by atoms with Crippen LogP contribution in [0.2, 0.25) is 0 Å². The van der Waals surface area contributed by atoms with E-state index in [0.29, 0.717) is 13.0 Å². The molecule has 0 heterocycles. The molecule has 0 aromatic heterocycles. The Labute approximate surface area is 123 Å². The molecule has 6 nitrogen and oxygen atoms in total. The van der Waals surface area contributed by atoms with E-state index >= 15 is 0 Å². The zero-order valence-electron chi connectivity index (χ0n) is 10.8. The number of nitro benzene ring substituents is 1. The van der Waals surface area contributed by atoms with Crippen LogP contribution in [0.3, 0.4) is 0 Å². The van der Waals surface area contributed by atoms with Gasteiger partial charge in [-0.25, -0.2) is 4.39 Å². The predicted octanol–water partition coefficient (Wildman–Crippen LogP) is 2.41. The molecular formula is C12H15BrFN3O3. The number of benzene rings is 1. The molecule has 110 valence electrons. The number of anilines is 1. The van der Waals surface area contributed by atoms with Gasteiger partial charge < -0.3 is 15.8 Å². The average Bonchev–Trinajstić information content (AvgIpc) is 2.39. The number of nitrogens with zero attached hydrogens (tertiary/aromatic N) is 1. The summed E-state index contributed by atoms with van der Waals surface area (Å²) in [7, 11) is 0. The van der Waals surface area contributed by atoms with E-state index in [1.807, 2.05) is 6.92 Å². The highest BCUT2D eigenvalue weighted by Crippen LogP contribution is 2.34. The van der Waals surface area contributed by atoms with Gasteiger partial charge in [0, 0.05) is 24.8 Å². The van der Waals surface area contributed by atoms with E-state index in [2.05, 4.69) is 21.2 Å². The maximum Gasteiger partial charge on any atom is 0.293 e. The van der Waals surface area contributed by atoms with Crippen LogP contribution in [-0.2, 0) is 4.74 Å². The van der Waals surface area contributed by atoms with Gasteiger partial charge in [0.2, 0.25) is 0 Å². The molecule has 20 heavy (non-hydrogen) atoms. The zero-order chi connectivity index (χ0) is 14.9. The van der Waals surface area contributed by atoms with Crippen molar-refractivity contribution in [3.8, 4) is 0 Å². The lowest BCUT2D eigenvalue weighted by Crippen LogP contribution is -2.60. The summed E-state index contributed by atoms with van der Waals surface area (Å²) >= 11 is 2.94. The molecule has 1 aromatic rings. The summed E-state index contributed by atoms with van der Waals surface area (Å²) in [6, 6.07) is 1.81. The minimum Gasteiger partial charge on any atom is -0.376 e. The molecule has 2 rings (SSSR count). The van der Waals surface area contributed by atoms with Crippen molar-refractivity contribution in [1.29, 1.82) is 0 Å². The summed E-state index contributed by atoms with van der Waals surface area (Å²) in [6.45, 7) is 2.40. The highest BCUT2D eigenvalue weighted by Gasteiger charge is 2.40. The number of halogens is 2. The Morgan fingerprint density at radius 3 is 2.90 bits per heavy atom. The fraction of sp³-hybridized carbons (Fsp3) is 0.500. The number of hydrogen-bond acceptors (Lipinski definition) is 5. The lowest BCUT2D eigenvalue weighted by molar-refractivity contribution is -0.384. The first-order valence-electron chi connectivity index (χ1n) is 6.21. The fourth-order valence-electron chi connectivity index (χ4n) is 2.21. The quantitative estimate of drug-likeness (QED) is 0.630. The second-order valence-electron chi connectivity index (χ2n) is 4.60. The Balaban J connectivity index is 2.24. The third-order valence-electron chi connectivity index (χ3n) is 3.30. The first-order chi connectivity index (χ1) is 9.43. The predicted molar refractivity (Wildman–Crippen MR) is 76.2 cm³/mol. The highest BCUT2D eigenvalue weighted by atomic mass is 79.9. The first-order valence-corrected chi connectivity index (χ1v) is 7.00. The van der Waals surface area contributed by atoms with Crippen molar-refractivity contribution in [1.82, 2.24) is 0 Å². The van der Waals surface area contributed by atoms with Gasteiger partial charge >= 0.3 is 0 Å². The molecule has 0 spiro atoms. The van der Waals surface area contributed by atoms with Crippen molar-refractivity contribution in [2.75, 3.05) is 11.9 Å². The SMILES string of the molecule is CCOC1CC(N)C1Nc1cc(F)c(Br)cc1[N+](=O)[O-]. The van der Waals surface area contributed by atoms with Gasteiger partial charge in [-0.3, -0.25) is 10.1 Å². The minimum absolute atomic E-state index is 0.0500. The number of nitrogens with one attached hydrogen (secondary N) is 1. The fourth-order valence-corrected chi connectivity index (χ4v) is 2.54. The van der Waals surface area contributed by atoms with E-state index in [1.54, 1.807) is 0 Å². The average molecular weight is 348 g/mol. The number of rotatable bonds is 5. The van der Waals surface area contributed by atoms with Crippen molar-refractivity contribution < 1.29 is 14.1 Å². The number of hydrogen-bond donors (Lipinski definition) is 2. The Bertz CT molecular complexity index is 527. The molecule has 1 aliphatic rings. The maximum absolute atomic E-state index is 13.6. The second kappa shape index (κ2) is 6.02. The molecule has 0 radical (unpaired) electrons. The van der Waals surface area contributed by atoms with Gasteiger partial charge in [-0.05, 0) is 29.3 Å². The first kappa shape index (κ1) is 15.1. The summed E-state index contributed by atoms with van der Waals surface area (Å²) in [4.78, 5) is 10.5. The minimum atomic E-state index is -0.570. The molecule has 1 aliphatic carbocycles. The summed E-state index contributed by atoms with van der Waals surface area (Å²) in [5.74, 6) is -0.570. The molecule has 0 saturated heterocycles. The van der Waals surface area contributed by atoms with Crippen molar-refractivity contribution >= 4 is 27.3 Å². The largest absolute Gasteiger partial charge is 0.376 e. The van der Waals surface area contributed by atoms with E-state index < -0.39 is 10.7 Å². The molecular weight excluding hydrogens is 333 g/mol. The molecule has 0 bridgehead atoms. The van der Waals surface area contributed by atoms with Crippen LogP contribution in [0.5, 0.6) is 0 Å². The third kappa shape index (κ3) is 2.92. The standard InChI is InChI=1S/C12H15BrFN3O3/c1-2-20-11-5-8(15)12(11)16-9-4-7(14)6(13)3-10(9)17(18)19/h3-4,8,11-12,16H,2,5,15H2,1H3. The molecule has 0 aliphatic heterocycles. The Hall–Kier alpha value is -1.25. The van der Waals surface area contributed by atoms with E-state index in [1.165, 1.54) is 0 Å². The molecule has 3 atom stereocenters. The van der Waals surface area contributed by atoms with Crippen molar-refractivity contribution in [2.24, 2.45) is 5.73 Å². The van der Waals surface area contributed by atoms with Gasteiger partial charge in [-0.15, -0.1) is 0 Å². The Kier molecular flexibility index (Phi) is 4.56. The Morgan fingerprint density at radius 2 is 2.35 bits per heavy atom. The summed E-state index contributed by atoms with van der Waals surface area (Å²) in [5, 5.41) is 14.0. The smallest absolute Gasteiger partial charge is 0.293 e. The zero-order valence-corrected chi connectivity index (χ0v) is 12.4. The topological polar surface area (TPSA) is 90.4 Å². The summed E-state index contributed by atoms with van der Waals surface area (Å²) < 4.78 is 19.1. The van der Waals surface area contributed by atoms with Crippen LogP contribution >= 0.6 is 15.9 Å². The van der Waals surface area contributed by atoms with Crippen LogP contribution in [0.4, 0.5) is 15.8 Å². The summed E-state index contributed by atoms with van der Waals surface area (Å²) in [6.07, 6.45) is 0.569. The Morgan fingerprint density at radius 1 is 1.65 bits per heavy atom. The van der Waals surface area contributed by atoms with E-state index in [4.69, 9.17) is 10.5 Å². The van der Waals surface area contributed by atoms with Crippen LogP contribution in [0.25, 0.3) is 0 Å². The molecule has 1 fully saturated rings. The monoisotopic (exact) mass is 347 g/mol.